The summed E-state index contributed by atoms with van der Waals surface area (Å²) in [6.07, 6.45) is 3.67. The highest BCUT2D eigenvalue weighted by Crippen LogP contribution is 2.52. The molecule has 32 heavy (non-hydrogen) atoms. The molecule has 0 spiro atoms. The first kappa shape index (κ1) is 25.7. The van der Waals surface area contributed by atoms with Crippen LogP contribution in [0.2, 0.25) is 0 Å². The Morgan fingerprint density at radius 1 is 1.19 bits per heavy atom. The molecule has 1 aliphatic carbocycles. The summed E-state index contributed by atoms with van der Waals surface area (Å²) in [4.78, 5) is 49.6. The number of carbonyl (C=O) groups excluding carboxylic acids is 4. The Bertz CT molecular complexity index is 804. The maximum absolute atomic E-state index is 13.2. The number of benzene rings is 1. The van der Waals surface area contributed by atoms with E-state index in [0.29, 0.717) is 31.4 Å². The van der Waals surface area contributed by atoms with Crippen molar-refractivity contribution in [3.8, 4) is 0 Å². The Hall–Kier alpha value is -2.55. The SMILES string of the molecule is COC(=O)[C@@]1(NC(=O)[C@H](CC(C)C)NC(=O)[C@H](CCSC)NC=O)C[C@H]1c1ccccc1. The van der Waals surface area contributed by atoms with Crippen LogP contribution < -0.4 is 16.0 Å². The van der Waals surface area contributed by atoms with Gasteiger partial charge in [0.25, 0.3) is 0 Å². The monoisotopic (exact) mass is 463 g/mol. The molecule has 0 bridgehead atoms. The summed E-state index contributed by atoms with van der Waals surface area (Å²) < 4.78 is 4.99. The predicted molar refractivity (Wildman–Crippen MR) is 124 cm³/mol. The lowest BCUT2D eigenvalue weighted by Gasteiger charge is -2.26. The van der Waals surface area contributed by atoms with Crippen LogP contribution in [0.1, 0.15) is 44.6 Å². The van der Waals surface area contributed by atoms with Gasteiger partial charge in [0.2, 0.25) is 18.2 Å². The zero-order valence-corrected chi connectivity index (χ0v) is 19.9. The lowest BCUT2D eigenvalue weighted by Crippen LogP contribution is -2.56. The highest BCUT2D eigenvalue weighted by Gasteiger charge is 2.63. The van der Waals surface area contributed by atoms with Crippen molar-refractivity contribution < 1.29 is 23.9 Å². The second kappa shape index (κ2) is 11.9. The van der Waals surface area contributed by atoms with Gasteiger partial charge in [-0.15, -0.1) is 0 Å². The number of hydrogen-bond donors (Lipinski definition) is 3. The second-order valence-corrected chi connectivity index (χ2v) is 9.41. The summed E-state index contributed by atoms with van der Waals surface area (Å²) in [6, 6.07) is 7.91. The van der Waals surface area contributed by atoms with Gasteiger partial charge in [-0.05, 0) is 42.8 Å². The molecule has 1 aromatic carbocycles. The molecule has 3 amide bonds. The first-order valence-electron chi connectivity index (χ1n) is 10.7. The largest absolute Gasteiger partial charge is 0.467 e. The molecule has 9 heteroatoms. The highest BCUT2D eigenvalue weighted by molar-refractivity contribution is 7.98. The van der Waals surface area contributed by atoms with Crippen molar-refractivity contribution in [3.05, 3.63) is 35.9 Å². The molecule has 1 fully saturated rings. The Morgan fingerprint density at radius 2 is 1.88 bits per heavy atom. The minimum absolute atomic E-state index is 0.118. The Kier molecular flexibility index (Phi) is 9.56. The average molecular weight is 464 g/mol. The van der Waals surface area contributed by atoms with Gasteiger partial charge in [0.1, 0.15) is 17.6 Å². The number of hydrogen-bond acceptors (Lipinski definition) is 6. The molecule has 8 nitrogen and oxygen atoms in total. The summed E-state index contributed by atoms with van der Waals surface area (Å²) in [6.45, 7) is 3.89. The number of esters is 1. The van der Waals surface area contributed by atoms with Crippen LogP contribution in [0.15, 0.2) is 30.3 Å². The fourth-order valence-electron chi connectivity index (χ4n) is 3.84. The van der Waals surface area contributed by atoms with Crippen molar-refractivity contribution >= 4 is 36.0 Å². The summed E-state index contributed by atoms with van der Waals surface area (Å²) in [5, 5.41) is 8.16. The van der Waals surface area contributed by atoms with Gasteiger partial charge in [0.15, 0.2) is 0 Å². The van der Waals surface area contributed by atoms with Crippen LogP contribution in [0.5, 0.6) is 0 Å². The maximum atomic E-state index is 13.2. The first-order chi connectivity index (χ1) is 15.3. The molecule has 176 valence electrons. The first-order valence-corrected chi connectivity index (χ1v) is 12.1. The third-order valence-corrected chi connectivity index (χ3v) is 6.24. The minimum atomic E-state index is -1.15. The molecule has 0 radical (unpaired) electrons. The van der Waals surface area contributed by atoms with E-state index in [9.17, 15) is 19.2 Å². The Morgan fingerprint density at radius 3 is 2.44 bits per heavy atom. The van der Waals surface area contributed by atoms with Gasteiger partial charge in [-0.3, -0.25) is 14.4 Å². The van der Waals surface area contributed by atoms with Gasteiger partial charge in [-0.2, -0.15) is 11.8 Å². The van der Waals surface area contributed by atoms with Crippen LogP contribution >= 0.6 is 11.8 Å². The molecule has 0 heterocycles. The lowest BCUT2D eigenvalue weighted by molar-refractivity contribution is -0.147. The van der Waals surface area contributed by atoms with Crippen LogP contribution in [0, 0.1) is 5.92 Å². The average Bonchev–Trinajstić information content (AvgIpc) is 3.50. The van der Waals surface area contributed by atoms with Crippen LogP contribution in [0.3, 0.4) is 0 Å². The molecule has 0 aliphatic heterocycles. The summed E-state index contributed by atoms with van der Waals surface area (Å²) >= 11 is 1.56. The predicted octanol–water partition coefficient (Wildman–Crippen LogP) is 1.60. The number of carbonyl (C=O) groups is 4. The third kappa shape index (κ3) is 6.48. The number of rotatable bonds is 13. The smallest absolute Gasteiger partial charge is 0.332 e. The molecule has 0 aromatic heterocycles. The van der Waals surface area contributed by atoms with Gasteiger partial charge in [-0.25, -0.2) is 4.79 Å². The van der Waals surface area contributed by atoms with Crippen molar-refractivity contribution in [1.29, 1.82) is 0 Å². The van der Waals surface area contributed by atoms with E-state index in [0.717, 1.165) is 5.56 Å². The van der Waals surface area contributed by atoms with E-state index in [1.165, 1.54) is 7.11 Å². The third-order valence-electron chi connectivity index (χ3n) is 5.60. The van der Waals surface area contributed by atoms with Crippen molar-refractivity contribution in [2.24, 2.45) is 5.92 Å². The van der Waals surface area contributed by atoms with E-state index >= 15 is 0 Å². The van der Waals surface area contributed by atoms with Gasteiger partial charge in [0.05, 0.1) is 7.11 Å². The van der Waals surface area contributed by atoms with E-state index in [2.05, 4.69) is 16.0 Å². The highest BCUT2D eigenvalue weighted by atomic mass is 32.2. The molecule has 0 unspecified atom stereocenters. The van der Waals surface area contributed by atoms with Crippen LogP contribution in [0.25, 0.3) is 0 Å². The van der Waals surface area contributed by atoms with Crippen LogP contribution in [0.4, 0.5) is 0 Å². The van der Waals surface area contributed by atoms with E-state index < -0.39 is 35.4 Å². The molecular weight excluding hydrogens is 430 g/mol. The summed E-state index contributed by atoms with van der Waals surface area (Å²) in [7, 11) is 1.30. The van der Waals surface area contributed by atoms with Gasteiger partial charge < -0.3 is 20.7 Å². The molecule has 1 saturated carbocycles. The van der Waals surface area contributed by atoms with E-state index in [1.807, 2.05) is 50.4 Å². The molecule has 0 saturated heterocycles. The number of ether oxygens (including phenoxy) is 1. The van der Waals surface area contributed by atoms with E-state index in [1.54, 1.807) is 11.8 Å². The molecule has 1 aromatic rings. The molecule has 3 N–H and O–H groups in total. The minimum Gasteiger partial charge on any atom is -0.467 e. The zero-order valence-electron chi connectivity index (χ0n) is 19.1. The maximum Gasteiger partial charge on any atom is 0.332 e. The fourth-order valence-corrected chi connectivity index (χ4v) is 4.31. The standard InChI is InChI=1S/C23H33N3O5S/c1-15(2)12-19(25-20(28)18(24-14-27)10-11-32-4)21(29)26-23(22(30)31-3)13-17(23)16-8-6-5-7-9-16/h5-9,14-15,17-19H,10-13H2,1-4H3,(H,24,27)(H,25,28)(H,26,29)/t17-,18-,19-,23+/m0/s1. The number of thioether (sulfide) groups is 1. The van der Waals surface area contributed by atoms with Crippen molar-refractivity contribution in [2.45, 2.75) is 56.7 Å². The molecular formula is C23H33N3O5S. The van der Waals surface area contributed by atoms with Crippen molar-refractivity contribution in [1.82, 2.24) is 16.0 Å². The van der Waals surface area contributed by atoms with Gasteiger partial charge in [0, 0.05) is 5.92 Å². The van der Waals surface area contributed by atoms with E-state index in [4.69, 9.17) is 4.74 Å². The summed E-state index contributed by atoms with van der Waals surface area (Å²) in [5.74, 6) is -0.756. The summed E-state index contributed by atoms with van der Waals surface area (Å²) in [5.41, 5.74) is -0.207. The van der Waals surface area contributed by atoms with E-state index in [-0.39, 0.29) is 11.8 Å². The topological polar surface area (TPSA) is 114 Å². The Labute approximate surface area is 193 Å². The number of methoxy groups -OCH3 is 1. The molecule has 4 atom stereocenters. The Balaban J connectivity index is 2.17. The second-order valence-electron chi connectivity index (χ2n) is 8.43. The van der Waals surface area contributed by atoms with Crippen molar-refractivity contribution in [3.63, 3.8) is 0 Å². The zero-order chi connectivity index (χ0) is 23.7. The lowest BCUT2D eigenvalue weighted by atomic mass is 10.0. The van der Waals surface area contributed by atoms with Crippen LogP contribution in [-0.2, 0) is 23.9 Å². The van der Waals surface area contributed by atoms with Gasteiger partial charge in [-0.1, -0.05) is 44.2 Å². The van der Waals surface area contributed by atoms with Crippen LogP contribution in [-0.4, -0.2) is 60.9 Å². The van der Waals surface area contributed by atoms with Gasteiger partial charge >= 0.3 is 5.97 Å². The van der Waals surface area contributed by atoms with Crippen molar-refractivity contribution in [2.75, 3.05) is 19.1 Å². The quantitative estimate of drug-likeness (QED) is 0.303. The number of nitrogens with one attached hydrogen (secondary N) is 3. The molecule has 1 aliphatic rings. The fraction of sp³-hybridized carbons (Fsp3) is 0.565. The number of amides is 3. The normalized spacial score (nSPS) is 21.2. The molecule has 2 rings (SSSR count).